The zero-order valence-corrected chi connectivity index (χ0v) is 14.3. The molecule has 1 aliphatic rings. The second-order valence-corrected chi connectivity index (χ2v) is 6.23. The van der Waals surface area contributed by atoms with Crippen molar-refractivity contribution in [3.05, 3.63) is 71.0 Å². The Balaban J connectivity index is 1.75. The normalized spacial score (nSPS) is 15.9. The third-order valence-corrected chi connectivity index (χ3v) is 3.58. The Bertz CT molecular complexity index is 863. The topological polar surface area (TPSA) is 61.8 Å². The molecule has 2 aromatic rings. The van der Waals surface area contributed by atoms with Crippen molar-refractivity contribution in [2.45, 2.75) is 26.2 Å². The highest BCUT2D eigenvalue weighted by atomic mass is 19.1. The number of esters is 2. The Labute approximate surface area is 150 Å². The number of carbonyl (C=O) groups excluding carboxylic acids is 2. The van der Waals surface area contributed by atoms with Gasteiger partial charge in [-0.05, 0) is 41.5 Å². The van der Waals surface area contributed by atoms with Crippen LogP contribution in [0.1, 0.15) is 25.0 Å². The first-order valence-corrected chi connectivity index (χ1v) is 7.98. The lowest BCUT2D eigenvalue weighted by molar-refractivity contribution is -0.222. The molecule has 134 valence electrons. The zero-order chi connectivity index (χ0) is 18.7. The van der Waals surface area contributed by atoms with E-state index in [1.165, 1.54) is 32.1 Å². The van der Waals surface area contributed by atoms with E-state index in [4.69, 9.17) is 14.2 Å². The van der Waals surface area contributed by atoms with E-state index < -0.39 is 17.7 Å². The average molecular weight is 356 g/mol. The largest absolute Gasteiger partial charge is 0.489 e. The number of hydrogen-bond donors (Lipinski definition) is 0. The summed E-state index contributed by atoms with van der Waals surface area (Å²) in [6.07, 6.45) is 1.38. The van der Waals surface area contributed by atoms with Crippen LogP contribution in [-0.4, -0.2) is 17.7 Å². The molecule has 3 rings (SSSR count). The van der Waals surface area contributed by atoms with Crippen molar-refractivity contribution in [2.24, 2.45) is 0 Å². The van der Waals surface area contributed by atoms with E-state index in [0.29, 0.717) is 16.9 Å². The summed E-state index contributed by atoms with van der Waals surface area (Å²) in [7, 11) is 0. The van der Waals surface area contributed by atoms with Gasteiger partial charge in [0.05, 0.1) is 0 Å². The molecule has 6 heteroatoms. The lowest BCUT2D eigenvalue weighted by atomic mass is 10.1. The summed E-state index contributed by atoms with van der Waals surface area (Å²) in [5, 5.41) is 0. The lowest BCUT2D eigenvalue weighted by Crippen LogP contribution is -2.41. The summed E-state index contributed by atoms with van der Waals surface area (Å²) in [6, 6.07) is 12.9. The van der Waals surface area contributed by atoms with Gasteiger partial charge in [0.1, 0.15) is 23.7 Å². The molecular weight excluding hydrogens is 339 g/mol. The van der Waals surface area contributed by atoms with Crippen LogP contribution in [0, 0.1) is 5.82 Å². The van der Waals surface area contributed by atoms with Crippen LogP contribution in [0.4, 0.5) is 4.39 Å². The van der Waals surface area contributed by atoms with Crippen molar-refractivity contribution in [1.29, 1.82) is 0 Å². The maximum absolute atomic E-state index is 13.2. The molecule has 0 bridgehead atoms. The fraction of sp³-hybridized carbons (Fsp3) is 0.200. The Morgan fingerprint density at radius 3 is 2.42 bits per heavy atom. The van der Waals surface area contributed by atoms with Gasteiger partial charge in [-0.3, -0.25) is 0 Å². The third kappa shape index (κ3) is 4.27. The van der Waals surface area contributed by atoms with Crippen LogP contribution >= 0.6 is 0 Å². The molecule has 1 fully saturated rings. The molecule has 2 aromatic carbocycles. The zero-order valence-electron chi connectivity index (χ0n) is 14.3. The van der Waals surface area contributed by atoms with Crippen molar-refractivity contribution in [3.8, 4) is 5.75 Å². The van der Waals surface area contributed by atoms with Gasteiger partial charge in [-0.1, -0.05) is 24.3 Å². The molecule has 0 amide bonds. The molecule has 1 aliphatic heterocycles. The fourth-order valence-electron chi connectivity index (χ4n) is 2.43. The third-order valence-electron chi connectivity index (χ3n) is 3.58. The minimum absolute atomic E-state index is 0.188. The van der Waals surface area contributed by atoms with Crippen LogP contribution in [0.3, 0.4) is 0 Å². The predicted octanol–water partition coefficient (Wildman–Crippen LogP) is 3.62. The molecular formula is C20H17FO5. The molecule has 0 unspecified atom stereocenters. The van der Waals surface area contributed by atoms with Crippen molar-refractivity contribution in [1.82, 2.24) is 0 Å². The van der Waals surface area contributed by atoms with Crippen molar-refractivity contribution in [3.63, 3.8) is 0 Å². The van der Waals surface area contributed by atoms with Crippen LogP contribution in [0.5, 0.6) is 5.75 Å². The van der Waals surface area contributed by atoms with Gasteiger partial charge in [0.25, 0.3) is 5.79 Å². The van der Waals surface area contributed by atoms with Gasteiger partial charge >= 0.3 is 11.9 Å². The second-order valence-electron chi connectivity index (χ2n) is 6.23. The van der Waals surface area contributed by atoms with Gasteiger partial charge < -0.3 is 14.2 Å². The highest BCUT2D eigenvalue weighted by Crippen LogP contribution is 2.25. The lowest BCUT2D eigenvalue weighted by Gasteiger charge is -2.29. The van der Waals surface area contributed by atoms with Gasteiger partial charge in [-0.15, -0.1) is 0 Å². The van der Waals surface area contributed by atoms with Gasteiger partial charge in [0.15, 0.2) is 0 Å². The van der Waals surface area contributed by atoms with Crippen molar-refractivity contribution >= 4 is 18.0 Å². The minimum atomic E-state index is -1.28. The quantitative estimate of drug-likeness (QED) is 0.476. The summed E-state index contributed by atoms with van der Waals surface area (Å²) in [5.74, 6) is -2.57. The maximum Gasteiger partial charge on any atom is 0.348 e. The van der Waals surface area contributed by atoms with Gasteiger partial charge in [-0.25, -0.2) is 14.0 Å². The average Bonchev–Trinajstić information content (AvgIpc) is 2.56. The number of halogens is 1. The molecule has 0 atom stereocenters. The van der Waals surface area contributed by atoms with Gasteiger partial charge in [0.2, 0.25) is 0 Å². The second kappa shape index (κ2) is 7.00. The SMILES string of the molecule is CC1(C)OC(=O)C(=Cc2cccc(OCc3cccc(F)c3)c2)C(=O)O1. The summed E-state index contributed by atoms with van der Waals surface area (Å²) in [5.41, 5.74) is 1.08. The summed E-state index contributed by atoms with van der Waals surface area (Å²) >= 11 is 0. The van der Waals surface area contributed by atoms with Crippen molar-refractivity contribution < 1.29 is 28.2 Å². The van der Waals surface area contributed by atoms with Crippen LogP contribution in [0.2, 0.25) is 0 Å². The van der Waals surface area contributed by atoms with Gasteiger partial charge in [0, 0.05) is 13.8 Å². The first kappa shape index (κ1) is 17.7. The Morgan fingerprint density at radius 2 is 1.73 bits per heavy atom. The first-order valence-electron chi connectivity index (χ1n) is 7.98. The van der Waals surface area contributed by atoms with E-state index >= 15 is 0 Å². The minimum Gasteiger partial charge on any atom is -0.489 e. The van der Waals surface area contributed by atoms with E-state index in [1.807, 2.05) is 0 Å². The molecule has 0 N–H and O–H groups in total. The summed E-state index contributed by atoms with van der Waals surface area (Å²) in [6.45, 7) is 3.16. The van der Waals surface area contributed by atoms with E-state index in [-0.39, 0.29) is 18.0 Å². The van der Waals surface area contributed by atoms with Gasteiger partial charge in [-0.2, -0.15) is 0 Å². The molecule has 0 saturated carbocycles. The number of cyclic esters (lactones) is 2. The number of carbonyl (C=O) groups is 2. The molecule has 1 heterocycles. The Hall–Kier alpha value is -3.15. The van der Waals surface area contributed by atoms with E-state index in [2.05, 4.69) is 0 Å². The number of hydrogen-bond acceptors (Lipinski definition) is 5. The van der Waals surface area contributed by atoms with E-state index in [1.54, 1.807) is 36.4 Å². The van der Waals surface area contributed by atoms with Crippen LogP contribution < -0.4 is 4.74 Å². The highest BCUT2D eigenvalue weighted by molar-refractivity contribution is 6.18. The molecule has 0 spiro atoms. The number of ether oxygens (including phenoxy) is 3. The van der Waals surface area contributed by atoms with Crippen molar-refractivity contribution in [2.75, 3.05) is 0 Å². The predicted molar refractivity (Wildman–Crippen MR) is 91.4 cm³/mol. The fourth-order valence-corrected chi connectivity index (χ4v) is 2.43. The van der Waals surface area contributed by atoms with Crippen LogP contribution in [-0.2, 0) is 25.7 Å². The monoisotopic (exact) mass is 356 g/mol. The van der Waals surface area contributed by atoms with Crippen LogP contribution in [0.25, 0.3) is 6.08 Å². The molecule has 0 radical (unpaired) electrons. The molecule has 1 saturated heterocycles. The van der Waals surface area contributed by atoms with Crippen LogP contribution in [0.15, 0.2) is 54.1 Å². The summed E-state index contributed by atoms with van der Waals surface area (Å²) in [4.78, 5) is 24.0. The smallest absolute Gasteiger partial charge is 0.348 e. The highest BCUT2D eigenvalue weighted by Gasteiger charge is 2.38. The molecule has 5 nitrogen and oxygen atoms in total. The summed E-state index contributed by atoms with van der Waals surface area (Å²) < 4.78 is 28.9. The number of benzene rings is 2. The maximum atomic E-state index is 13.2. The van der Waals surface area contributed by atoms with E-state index in [9.17, 15) is 14.0 Å². The van der Waals surface area contributed by atoms with E-state index in [0.717, 1.165) is 0 Å². The molecule has 26 heavy (non-hydrogen) atoms. The molecule has 0 aromatic heterocycles. The Kier molecular flexibility index (Phi) is 4.75. The number of rotatable bonds is 4. The Morgan fingerprint density at radius 1 is 1.04 bits per heavy atom. The molecule has 0 aliphatic carbocycles. The first-order chi connectivity index (χ1) is 12.3. The standard InChI is InChI=1S/C20H17FO5/c1-20(2)25-18(22)17(19(23)26-20)11-13-5-4-8-16(10-13)24-12-14-6-3-7-15(21)9-14/h3-11H,12H2,1-2H3.